The zero-order chi connectivity index (χ0) is 20.7. The molecule has 3 aromatic heterocycles. The molecule has 0 bridgehead atoms. The molecule has 0 radical (unpaired) electrons. The smallest absolute Gasteiger partial charge is 0.314 e. The molecule has 0 fully saturated rings. The number of halogens is 2. The van der Waals surface area contributed by atoms with Gasteiger partial charge in [0.1, 0.15) is 0 Å². The van der Waals surface area contributed by atoms with Gasteiger partial charge in [-0.3, -0.25) is 4.68 Å². The van der Waals surface area contributed by atoms with Crippen molar-refractivity contribution >= 4 is 17.0 Å². The molecule has 10 heteroatoms. The Morgan fingerprint density at radius 2 is 1.83 bits per heavy atom. The van der Waals surface area contributed by atoms with Crippen LogP contribution in [0.25, 0.3) is 33.6 Å². The Bertz CT molecular complexity index is 1320. The molecule has 5 rings (SSSR count). The van der Waals surface area contributed by atoms with Gasteiger partial charge in [0.05, 0.1) is 23.8 Å². The minimum atomic E-state index is -2.79. The topological polar surface area (TPSA) is 111 Å². The van der Waals surface area contributed by atoms with Gasteiger partial charge in [-0.25, -0.2) is 4.98 Å². The van der Waals surface area contributed by atoms with Gasteiger partial charge < -0.3 is 15.1 Å². The Morgan fingerprint density at radius 1 is 1.03 bits per heavy atom. The molecular weight excluding hydrogens is 392 g/mol. The van der Waals surface area contributed by atoms with Crippen LogP contribution in [-0.2, 0) is 6.54 Å². The van der Waals surface area contributed by atoms with E-state index in [4.69, 9.17) is 10.2 Å². The highest BCUT2D eigenvalue weighted by Gasteiger charge is 2.16. The molecule has 0 aliphatic heterocycles. The third-order valence-electron chi connectivity index (χ3n) is 4.64. The fourth-order valence-electron chi connectivity index (χ4n) is 3.18. The number of aromatic amines is 1. The minimum absolute atomic E-state index is 0.0626. The molecule has 3 heterocycles. The summed E-state index contributed by atoms with van der Waals surface area (Å²) in [6.45, 7) is 0.546. The van der Waals surface area contributed by atoms with Gasteiger partial charge in [-0.15, -0.1) is 10.2 Å². The number of nitrogen functional groups attached to an aromatic ring is 1. The third kappa shape index (κ3) is 3.39. The number of nitrogens with two attached hydrogens (primary N) is 1. The maximum absolute atomic E-state index is 12.6. The summed E-state index contributed by atoms with van der Waals surface area (Å²) in [6.07, 6.45) is 0.944. The van der Waals surface area contributed by atoms with Gasteiger partial charge in [0.15, 0.2) is 5.95 Å². The summed E-state index contributed by atoms with van der Waals surface area (Å²) in [4.78, 5) is 7.25. The van der Waals surface area contributed by atoms with E-state index in [1.807, 2.05) is 41.2 Å². The summed E-state index contributed by atoms with van der Waals surface area (Å²) in [5.74, 6) is -0.242. The predicted octanol–water partition coefficient (Wildman–Crippen LogP) is 4.04. The summed E-state index contributed by atoms with van der Waals surface area (Å²) >= 11 is 0. The Hall–Kier alpha value is -4.08. The summed E-state index contributed by atoms with van der Waals surface area (Å²) in [7, 11) is 0. The molecule has 0 spiro atoms. The molecule has 0 aliphatic carbocycles. The molecule has 30 heavy (non-hydrogen) atoms. The van der Waals surface area contributed by atoms with E-state index in [2.05, 4.69) is 25.3 Å². The molecule has 0 saturated heterocycles. The number of H-pyrrole nitrogens is 1. The van der Waals surface area contributed by atoms with Crippen molar-refractivity contribution < 1.29 is 13.2 Å². The first kappa shape index (κ1) is 18.0. The van der Waals surface area contributed by atoms with Gasteiger partial charge in [0, 0.05) is 17.3 Å². The van der Waals surface area contributed by atoms with E-state index < -0.39 is 12.3 Å². The standard InChI is InChI=1S/C20H15F2N7O/c21-17(22)19-28-27-18(30-19)12-3-1-11(2-4-12)9-29-10-14(8-24-29)13-5-6-15-16(7-13)26-20(23)25-15/h1-8,10,17H,9H2,(H3,23,25,26). The molecule has 0 unspecified atom stereocenters. The molecule has 5 aromatic rings. The number of alkyl halides is 2. The lowest BCUT2D eigenvalue weighted by atomic mass is 10.1. The van der Waals surface area contributed by atoms with Crippen molar-refractivity contribution in [3.63, 3.8) is 0 Å². The van der Waals surface area contributed by atoms with Crippen LogP contribution in [0.4, 0.5) is 14.7 Å². The average molecular weight is 407 g/mol. The molecule has 8 nitrogen and oxygen atoms in total. The third-order valence-corrected chi connectivity index (χ3v) is 4.64. The van der Waals surface area contributed by atoms with E-state index in [9.17, 15) is 8.78 Å². The highest BCUT2D eigenvalue weighted by molar-refractivity contribution is 5.83. The second-order valence-corrected chi connectivity index (χ2v) is 6.72. The second-order valence-electron chi connectivity index (χ2n) is 6.72. The Morgan fingerprint density at radius 3 is 2.60 bits per heavy atom. The summed E-state index contributed by atoms with van der Waals surface area (Å²) < 4.78 is 32.0. The van der Waals surface area contributed by atoms with Gasteiger partial charge in [0.2, 0.25) is 5.89 Å². The van der Waals surface area contributed by atoms with Gasteiger partial charge in [0.25, 0.3) is 5.89 Å². The first-order valence-electron chi connectivity index (χ1n) is 9.04. The Balaban J connectivity index is 1.33. The summed E-state index contributed by atoms with van der Waals surface area (Å²) in [5.41, 5.74) is 10.9. The number of imidazole rings is 1. The van der Waals surface area contributed by atoms with Gasteiger partial charge >= 0.3 is 6.43 Å². The number of hydrogen-bond donors (Lipinski definition) is 2. The first-order chi connectivity index (χ1) is 14.5. The maximum atomic E-state index is 12.6. The fourth-order valence-corrected chi connectivity index (χ4v) is 3.18. The van der Waals surface area contributed by atoms with Crippen LogP contribution in [0.5, 0.6) is 0 Å². The SMILES string of the molecule is Nc1nc2cc(-c3cnn(Cc4ccc(-c5nnc(C(F)F)o5)cc4)c3)ccc2[nH]1. The van der Waals surface area contributed by atoms with Crippen LogP contribution < -0.4 is 5.73 Å². The van der Waals surface area contributed by atoms with E-state index in [0.717, 1.165) is 27.7 Å². The van der Waals surface area contributed by atoms with Gasteiger partial charge in [-0.2, -0.15) is 13.9 Å². The Kier molecular flexibility index (Phi) is 4.24. The molecule has 150 valence electrons. The van der Waals surface area contributed by atoms with E-state index in [1.54, 1.807) is 18.3 Å². The van der Waals surface area contributed by atoms with Crippen LogP contribution in [0.15, 0.2) is 59.3 Å². The second kappa shape index (κ2) is 7.07. The lowest BCUT2D eigenvalue weighted by Crippen LogP contribution is -1.99. The number of hydrogen-bond acceptors (Lipinski definition) is 6. The monoisotopic (exact) mass is 407 g/mol. The molecule has 0 atom stereocenters. The predicted molar refractivity (Wildman–Crippen MR) is 106 cm³/mol. The van der Waals surface area contributed by atoms with Crippen molar-refractivity contribution in [1.82, 2.24) is 29.9 Å². The quantitative estimate of drug-likeness (QED) is 0.455. The number of nitrogens with zero attached hydrogens (tertiary/aromatic N) is 5. The van der Waals surface area contributed by atoms with E-state index in [1.165, 1.54) is 0 Å². The van der Waals surface area contributed by atoms with Crippen LogP contribution >= 0.6 is 0 Å². The lowest BCUT2D eigenvalue weighted by molar-refractivity contribution is 0.116. The number of rotatable bonds is 5. The first-order valence-corrected chi connectivity index (χ1v) is 9.04. The molecule has 0 amide bonds. The zero-order valence-electron chi connectivity index (χ0n) is 15.5. The summed E-state index contributed by atoms with van der Waals surface area (Å²) in [5, 5.41) is 11.4. The number of aromatic nitrogens is 6. The lowest BCUT2D eigenvalue weighted by Gasteiger charge is -2.03. The van der Waals surface area contributed by atoms with Crippen molar-refractivity contribution in [2.45, 2.75) is 13.0 Å². The van der Waals surface area contributed by atoms with Crippen molar-refractivity contribution in [2.24, 2.45) is 0 Å². The largest absolute Gasteiger partial charge is 0.415 e. The highest BCUT2D eigenvalue weighted by Crippen LogP contribution is 2.25. The minimum Gasteiger partial charge on any atom is -0.415 e. The van der Waals surface area contributed by atoms with E-state index in [-0.39, 0.29) is 5.89 Å². The van der Waals surface area contributed by atoms with Crippen LogP contribution in [0.3, 0.4) is 0 Å². The number of fused-ring (bicyclic) bond motifs is 1. The van der Waals surface area contributed by atoms with Crippen LogP contribution in [0.1, 0.15) is 17.9 Å². The fraction of sp³-hybridized carbons (Fsp3) is 0.100. The highest BCUT2D eigenvalue weighted by atomic mass is 19.3. The van der Waals surface area contributed by atoms with Crippen molar-refractivity contribution in [2.75, 3.05) is 5.73 Å². The van der Waals surface area contributed by atoms with Crippen LogP contribution in [0.2, 0.25) is 0 Å². The normalized spacial score (nSPS) is 11.6. The average Bonchev–Trinajstić information content (AvgIpc) is 3.47. The molecular formula is C20H15F2N7O. The molecule has 0 aliphatic rings. The molecule has 2 aromatic carbocycles. The van der Waals surface area contributed by atoms with Crippen LogP contribution in [0, 0.1) is 0 Å². The number of anilines is 1. The van der Waals surface area contributed by atoms with Crippen molar-refractivity contribution in [1.29, 1.82) is 0 Å². The zero-order valence-corrected chi connectivity index (χ0v) is 15.5. The van der Waals surface area contributed by atoms with E-state index >= 15 is 0 Å². The molecule has 0 saturated carbocycles. The number of benzene rings is 2. The van der Waals surface area contributed by atoms with Crippen molar-refractivity contribution in [3.8, 4) is 22.6 Å². The van der Waals surface area contributed by atoms with Crippen molar-refractivity contribution in [3.05, 3.63) is 66.3 Å². The summed E-state index contributed by atoms with van der Waals surface area (Å²) in [6, 6.07) is 13.1. The van der Waals surface area contributed by atoms with Gasteiger partial charge in [-0.1, -0.05) is 18.2 Å². The number of nitrogens with one attached hydrogen (secondary N) is 1. The maximum Gasteiger partial charge on any atom is 0.314 e. The van der Waals surface area contributed by atoms with Gasteiger partial charge in [-0.05, 0) is 35.4 Å². The Labute approximate surface area is 168 Å². The molecule has 3 N–H and O–H groups in total. The van der Waals surface area contributed by atoms with E-state index in [0.29, 0.717) is 18.1 Å². The van der Waals surface area contributed by atoms with Crippen LogP contribution in [-0.4, -0.2) is 29.9 Å².